The topological polar surface area (TPSA) is 100 Å². The second-order valence-corrected chi connectivity index (χ2v) is 15.0. The van der Waals surface area contributed by atoms with Gasteiger partial charge < -0.3 is 10.6 Å². The number of thiophene rings is 1. The highest BCUT2D eigenvalue weighted by Crippen LogP contribution is 2.32. The smallest absolute Gasteiger partial charge is 0.252 e. The van der Waals surface area contributed by atoms with Crippen LogP contribution in [-0.2, 0) is 10.0 Å². The number of pyridine rings is 3. The number of hydrogen-bond donors (Lipinski definition) is 2. The van der Waals surface area contributed by atoms with Crippen molar-refractivity contribution in [1.82, 2.24) is 19.3 Å². The fourth-order valence-electron chi connectivity index (χ4n) is 5.33. The van der Waals surface area contributed by atoms with Crippen molar-refractivity contribution < 1.29 is 8.42 Å². The molecule has 6 rings (SSSR count). The number of nitrogens with zero attached hydrogens (tertiary/aromatic N) is 4. The lowest BCUT2D eigenvalue weighted by Gasteiger charge is -2.22. The van der Waals surface area contributed by atoms with Crippen molar-refractivity contribution in [3.63, 3.8) is 0 Å². The van der Waals surface area contributed by atoms with Crippen molar-refractivity contribution in [2.75, 3.05) is 36.8 Å². The van der Waals surface area contributed by atoms with Crippen LogP contribution in [0.25, 0.3) is 32.4 Å². The van der Waals surface area contributed by atoms with Gasteiger partial charge in [0.25, 0.3) is 10.0 Å². The summed E-state index contributed by atoms with van der Waals surface area (Å²) in [6, 6.07) is 24.2. The summed E-state index contributed by atoms with van der Waals surface area (Å²) >= 11 is 13.8. The van der Waals surface area contributed by atoms with E-state index in [9.17, 15) is 8.42 Å². The Morgan fingerprint density at radius 2 is 1.39 bits per heavy atom. The van der Waals surface area contributed by atoms with Crippen molar-refractivity contribution in [2.24, 2.45) is 0 Å². The minimum absolute atomic E-state index is 0.259. The molecule has 0 bridgehead atoms. The van der Waals surface area contributed by atoms with Crippen LogP contribution in [0, 0.1) is 13.8 Å². The number of halogens is 2. The normalized spacial score (nSPS) is 11.8. The van der Waals surface area contributed by atoms with Gasteiger partial charge in [0, 0.05) is 76.0 Å². The van der Waals surface area contributed by atoms with Crippen LogP contribution in [0.15, 0.2) is 89.3 Å². The third-order valence-electron chi connectivity index (χ3n) is 7.47. The number of aromatic nitrogens is 3. The number of rotatable bonds is 12. The molecule has 0 spiro atoms. The van der Waals surface area contributed by atoms with E-state index in [4.69, 9.17) is 23.2 Å². The molecule has 0 atom stereocenters. The molecule has 8 nitrogen and oxygen atoms in total. The van der Waals surface area contributed by atoms with E-state index in [2.05, 4.69) is 25.6 Å². The molecule has 0 fully saturated rings. The van der Waals surface area contributed by atoms with Crippen LogP contribution < -0.4 is 10.6 Å². The largest absolute Gasteiger partial charge is 0.384 e. The molecule has 2 N–H and O–H groups in total. The van der Waals surface area contributed by atoms with Crippen molar-refractivity contribution in [3.05, 3.63) is 106 Å². The third-order valence-corrected chi connectivity index (χ3v) is 11.4. The highest BCUT2D eigenvalue weighted by molar-refractivity contribution is 7.91. The van der Waals surface area contributed by atoms with Crippen LogP contribution in [-0.4, -0.2) is 53.9 Å². The molecule has 4 heterocycles. The lowest BCUT2D eigenvalue weighted by atomic mass is 10.1. The van der Waals surface area contributed by atoms with E-state index >= 15 is 0 Å². The fraction of sp³-hybridized carbons (Fsp3) is 0.206. The summed E-state index contributed by atoms with van der Waals surface area (Å²) < 4.78 is 30.0. The van der Waals surface area contributed by atoms with Gasteiger partial charge in [-0.3, -0.25) is 15.0 Å². The summed E-state index contributed by atoms with van der Waals surface area (Å²) in [7, 11) is -3.80. The van der Waals surface area contributed by atoms with E-state index in [1.807, 2.05) is 86.6 Å². The monoisotopic (exact) mass is 690 g/mol. The first kappa shape index (κ1) is 32.2. The molecule has 0 saturated carbocycles. The molecule has 0 aliphatic rings. The molecule has 0 amide bonds. The summed E-state index contributed by atoms with van der Waals surface area (Å²) in [5.74, 6) is 0. The van der Waals surface area contributed by atoms with Gasteiger partial charge in [-0.15, -0.1) is 11.3 Å². The van der Waals surface area contributed by atoms with Gasteiger partial charge in [-0.2, -0.15) is 4.31 Å². The van der Waals surface area contributed by atoms with Crippen molar-refractivity contribution in [3.8, 4) is 10.6 Å². The second-order valence-electron chi connectivity index (χ2n) is 10.9. The summed E-state index contributed by atoms with van der Waals surface area (Å²) in [6.45, 7) is 5.40. The SMILES string of the molecule is Cc1cc(NCCCN(CCNc2cc(C)nc3ccc(Cl)cc23)S(=O)(=O)c2ccc(-c3ccccn3)s2)c2cc(Cl)ccc2n1. The number of fused-ring (bicyclic) bond motifs is 2. The number of nitrogens with one attached hydrogen (secondary N) is 2. The van der Waals surface area contributed by atoms with E-state index < -0.39 is 10.0 Å². The molecule has 0 aliphatic heterocycles. The van der Waals surface area contributed by atoms with E-state index in [0.717, 1.165) is 55.1 Å². The standard InChI is InChI=1S/C34H32Cl2N6O2S2/c1-22-18-31(26-20-24(35)7-9-28(26)40-22)38-14-5-16-42(46(43,44)34-12-11-33(45-34)30-6-3-4-13-37-30)17-15-39-32-19-23(2)41-29-10-8-25(36)21-27(29)32/h3-4,6-13,18-21H,5,14-17H2,1-2H3,(H,38,40)(H,39,41). The zero-order valence-electron chi connectivity index (χ0n) is 25.3. The first-order valence-electron chi connectivity index (χ1n) is 14.8. The van der Waals surface area contributed by atoms with Crippen LogP contribution in [0.5, 0.6) is 0 Å². The Morgan fingerprint density at radius 1 is 0.761 bits per heavy atom. The minimum atomic E-state index is -3.80. The number of benzene rings is 2. The lowest BCUT2D eigenvalue weighted by molar-refractivity contribution is 0.420. The highest BCUT2D eigenvalue weighted by Gasteiger charge is 2.26. The molecule has 46 heavy (non-hydrogen) atoms. The van der Waals surface area contributed by atoms with Crippen LogP contribution in [0.2, 0.25) is 10.0 Å². The average Bonchev–Trinajstić information content (AvgIpc) is 3.54. The maximum atomic E-state index is 14.1. The quantitative estimate of drug-likeness (QED) is 0.124. The van der Waals surface area contributed by atoms with Crippen molar-refractivity contribution in [2.45, 2.75) is 24.5 Å². The van der Waals surface area contributed by atoms with Gasteiger partial charge in [0.05, 0.1) is 21.6 Å². The maximum Gasteiger partial charge on any atom is 0.252 e. The van der Waals surface area contributed by atoms with Crippen LogP contribution >= 0.6 is 34.5 Å². The predicted molar refractivity (Wildman–Crippen MR) is 191 cm³/mol. The maximum absolute atomic E-state index is 14.1. The number of hydrogen-bond acceptors (Lipinski definition) is 8. The number of aryl methyl sites for hydroxylation is 2. The van der Waals surface area contributed by atoms with Crippen LogP contribution in [0.4, 0.5) is 11.4 Å². The van der Waals surface area contributed by atoms with E-state index in [0.29, 0.717) is 36.1 Å². The Morgan fingerprint density at radius 3 is 2.00 bits per heavy atom. The Bertz CT molecular complexity index is 2120. The van der Waals surface area contributed by atoms with E-state index in [-0.39, 0.29) is 10.8 Å². The summed E-state index contributed by atoms with van der Waals surface area (Å²) in [4.78, 5) is 14.4. The van der Waals surface area contributed by atoms with Gasteiger partial charge in [0.15, 0.2) is 0 Å². The van der Waals surface area contributed by atoms with Crippen molar-refractivity contribution >= 4 is 77.7 Å². The van der Waals surface area contributed by atoms with Gasteiger partial charge in [-0.05, 0) is 93.1 Å². The fourth-order valence-corrected chi connectivity index (χ4v) is 8.59. The Balaban J connectivity index is 1.21. The first-order valence-corrected chi connectivity index (χ1v) is 17.8. The van der Waals surface area contributed by atoms with Gasteiger partial charge in [0.1, 0.15) is 4.21 Å². The average molecular weight is 692 g/mol. The van der Waals surface area contributed by atoms with Crippen LogP contribution in [0.1, 0.15) is 17.8 Å². The predicted octanol–water partition coefficient (Wildman–Crippen LogP) is 8.44. The molecule has 0 radical (unpaired) electrons. The molecular weight excluding hydrogens is 659 g/mol. The Labute approximate surface area is 282 Å². The third kappa shape index (κ3) is 7.27. The lowest BCUT2D eigenvalue weighted by Crippen LogP contribution is -2.36. The van der Waals surface area contributed by atoms with Gasteiger partial charge >= 0.3 is 0 Å². The number of sulfonamides is 1. The molecule has 2 aromatic carbocycles. The highest BCUT2D eigenvalue weighted by atomic mass is 35.5. The first-order chi connectivity index (χ1) is 22.2. The molecule has 6 aromatic rings. The molecule has 12 heteroatoms. The molecule has 4 aromatic heterocycles. The second kappa shape index (κ2) is 13.9. The van der Waals surface area contributed by atoms with Gasteiger partial charge in [-0.1, -0.05) is 29.3 Å². The van der Waals surface area contributed by atoms with Crippen LogP contribution in [0.3, 0.4) is 0 Å². The molecule has 0 unspecified atom stereocenters. The summed E-state index contributed by atoms with van der Waals surface area (Å²) in [5, 5.41) is 9.97. The molecule has 0 aliphatic carbocycles. The van der Waals surface area contributed by atoms with E-state index in [1.165, 1.54) is 11.3 Å². The van der Waals surface area contributed by atoms with E-state index in [1.54, 1.807) is 16.6 Å². The Kier molecular flexibility index (Phi) is 9.72. The van der Waals surface area contributed by atoms with Crippen molar-refractivity contribution in [1.29, 1.82) is 0 Å². The summed E-state index contributed by atoms with van der Waals surface area (Å²) in [6.07, 6.45) is 2.28. The zero-order valence-corrected chi connectivity index (χ0v) is 28.4. The molecule has 0 saturated heterocycles. The minimum Gasteiger partial charge on any atom is -0.384 e. The Hall–Kier alpha value is -3.80. The van der Waals surface area contributed by atoms with Gasteiger partial charge in [0.2, 0.25) is 0 Å². The molecule has 236 valence electrons. The molecular formula is C34H32Cl2N6O2S2. The zero-order chi connectivity index (χ0) is 32.3. The van der Waals surface area contributed by atoms with Gasteiger partial charge in [-0.25, -0.2) is 8.42 Å². The summed E-state index contributed by atoms with van der Waals surface area (Å²) in [5.41, 5.74) is 5.92. The number of anilines is 2.